The minimum absolute atomic E-state index is 0.122. The standard InChI is InChI=1S/C24H22N6O3S2/c25-19-10-18(16-3-8-34-13-16)20(9-17(19)11-28-6-7-33-12-22(26)31)29-23(32)21-14-35-24(30-21)15-1-4-27-5-2-15/h1-5,8-11,13-14,25,28H,6-7,12H2,(H2,26,31)(H,29,32)/p+1/b17-11-,25-19?. The molecule has 1 aliphatic rings. The van der Waals surface area contributed by atoms with Gasteiger partial charge in [0.1, 0.15) is 30.1 Å². The second kappa shape index (κ2) is 11.6. The quantitative estimate of drug-likeness (QED) is 0.310. The van der Waals surface area contributed by atoms with Crippen molar-refractivity contribution in [3.8, 4) is 10.6 Å². The third-order valence-electron chi connectivity index (χ3n) is 4.90. The molecule has 35 heavy (non-hydrogen) atoms. The zero-order chi connectivity index (χ0) is 24.6. The first-order valence-corrected chi connectivity index (χ1v) is 12.5. The summed E-state index contributed by atoms with van der Waals surface area (Å²) in [5, 5.41) is 19.7. The zero-order valence-electron chi connectivity index (χ0n) is 18.6. The number of pyridine rings is 1. The number of allylic oxidation sites excluding steroid dienone is 4. The van der Waals surface area contributed by atoms with Gasteiger partial charge in [0.15, 0.2) is 0 Å². The minimum atomic E-state index is -0.514. The fraction of sp³-hybridized carbons (Fsp3) is 0.125. The highest BCUT2D eigenvalue weighted by molar-refractivity contribution is 7.13. The van der Waals surface area contributed by atoms with E-state index in [1.54, 1.807) is 47.5 Å². The number of carbonyl (C=O) groups excluding carboxylic acids is 2. The number of thiazole rings is 1. The van der Waals surface area contributed by atoms with E-state index < -0.39 is 5.91 Å². The van der Waals surface area contributed by atoms with Gasteiger partial charge in [-0.1, -0.05) is 0 Å². The molecule has 0 bridgehead atoms. The second-order valence-electron chi connectivity index (χ2n) is 7.43. The van der Waals surface area contributed by atoms with Crippen LogP contribution >= 0.6 is 22.7 Å². The maximum atomic E-state index is 13.1. The monoisotopic (exact) mass is 507 g/mol. The van der Waals surface area contributed by atoms with E-state index >= 15 is 0 Å². The molecule has 0 unspecified atom stereocenters. The molecule has 1 aliphatic carbocycles. The molecule has 6 N–H and O–H groups in total. The summed E-state index contributed by atoms with van der Waals surface area (Å²) in [6.45, 7) is 0.771. The number of thiophene rings is 1. The van der Waals surface area contributed by atoms with E-state index in [4.69, 9.17) is 15.9 Å². The van der Waals surface area contributed by atoms with Gasteiger partial charge in [-0.2, -0.15) is 11.3 Å². The summed E-state index contributed by atoms with van der Waals surface area (Å²) in [5.74, 6) is -0.842. The van der Waals surface area contributed by atoms with Crippen LogP contribution in [0.5, 0.6) is 0 Å². The first kappa shape index (κ1) is 24.4. The van der Waals surface area contributed by atoms with Crippen LogP contribution in [0.2, 0.25) is 0 Å². The number of hydrogen-bond donors (Lipinski definition) is 4. The van der Waals surface area contributed by atoms with Gasteiger partial charge in [-0.3, -0.25) is 14.6 Å². The van der Waals surface area contributed by atoms with E-state index in [9.17, 15) is 9.59 Å². The number of ether oxygens (including phenoxy) is 1. The number of nitrogens with zero attached hydrogens (tertiary/aromatic N) is 2. The van der Waals surface area contributed by atoms with Gasteiger partial charge in [-0.05, 0) is 46.7 Å². The maximum absolute atomic E-state index is 13.1. The molecule has 178 valence electrons. The van der Waals surface area contributed by atoms with Crippen molar-refractivity contribution >= 4 is 45.8 Å². The third-order valence-corrected chi connectivity index (χ3v) is 6.48. The van der Waals surface area contributed by atoms with Crippen LogP contribution < -0.4 is 16.4 Å². The summed E-state index contributed by atoms with van der Waals surface area (Å²) >= 11 is 2.93. The van der Waals surface area contributed by atoms with Gasteiger partial charge in [0.25, 0.3) is 5.91 Å². The maximum Gasteiger partial charge on any atom is 0.275 e. The lowest BCUT2D eigenvalue weighted by molar-refractivity contribution is -0.590. The number of rotatable bonds is 10. The van der Waals surface area contributed by atoms with Gasteiger partial charge >= 0.3 is 0 Å². The van der Waals surface area contributed by atoms with Crippen molar-refractivity contribution in [3.63, 3.8) is 0 Å². The number of quaternary nitrogens is 1. The molecule has 0 fully saturated rings. The third kappa shape index (κ3) is 6.43. The lowest BCUT2D eigenvalue weighted by Crippen LogP contribution is -2.79. The highest BCUT2D eigenvalue weighted by Gasteiger charge is 2.21. The van der Waals surface area contributed by atoms with Crippen LogP contribution in [0, 0.1) is 5.41 Å². The number of primary amides is 1. The van der Waals surface area contributed by atoms with Crippen LogP contribution in [-0.2, 0) is 9.53 Å². The summed E-state index contributed by atoms with van der Waals surface area (Å²) < 4.78 is 5.15. The molecule has 3 aromatic heterocycles. The summed E-state index contributed by atoms with van der Waals surface area (Å²) in [7, 11) is 0. The number of aromatic nitrogens is 2. The van der Waals surface area contributed by atoms with Crippen LogP contribution in [-0.4, -0.2) is 47.3 Å². The van der Waals surface area contributed by atoms with Crippen molar-refractivity contribution in [1.82, 2.24) is 15.3 Å². The molecule has 3 heterocycles. The van der Waals surface area contributed by atoms with Crippen molar-refractivity contribution in [1.29, 1.82) is 5.41 Å². The van der Waals surface area contributed by atoms with E-state index in [0.717, 1.165) is 21.7 Å². The fourth-order valence-corrected chi connectivity index (χ4v) is 4.70. The van der Waals surface area contributed by atoms with Gasteiger partial charge in [0, 0.05) is 34.6 Å². The molecular weight excluding hydrogens is 484 g/mol. The molecule has 2 amide bonds. The zero-order valence-corrected chi connectivity index (χ0v) is 20.2. The van der Waals surface area contributed by atoms with E-state index in [2.05, 4.69) is 15.3 Å². The molecule has 0 aliphatic heterocycles. The predicted octanol–water partition coefficient (Wildman–Crippen LogP) is 1.95. The molecule has 0 aromatic carbocycles. The van der Waals surface area contributed by atoms with Crippen LogP contribution in [0.4, 0.5) is 0 Å². The normalized spacial score (nSPS) is 14.5. The number of hydrogen-bond acceptors (Lipinski definition) is 8. The average Bonchev–Trinajstić information content (AvgIpc) is 3.56. The Morgan fingerprint density at radius 2 is 2.00 bits per heavy atom. The minimum Gasteiger partial charge on any atom is -0.368 e. The molecule has 0 spiro atoms. The van der Waals surface area contributed by atoms with Gasteiger partial charge in [0.05, 0.1) is 17.9 Å². The highest BCUT2D eigenvalue weighted by atomic mass is 32.1. The topological polar surface area (TPSA) is 148 Å². The molecule has 0 saturated heterocycles. The number of nitrogens with one attached hydrogen (secondary N) is 2. The van der Waals surface area contributed by atoms with Crippen molar-refractivity contribution in [3.05, 3.63) is 87.6 Å². The van der Waals surface area contributed by atoms with Crippen molar-refractivity contribution in [2.75, 3.05) is 19.8 Å². The molecule has 0 saturated carbocycles. The highest BCUT2D eigenvalue weighted by Crippen LogP contribution is 2.29. The molecule has 11 heteroatoms. The summed E-state index contributed by atoms with van der Waals surface area (Å²) in [4.78, 5) is 32.3. The van der Waals surface area contributed by atoms with Crippen LogP contribution in [0.3, 0.4) is 0 Å². The molecular formula is C24H23N6O3S2+. The Kier molecular flexibility index (Phi) is 8.06. The number of carbonyl (C=O) groups is 2. The lowest BCUT2D eigenvalue weighted by atomic mass is 9.94. The van der Waals surface area contributed by atoms with Gasteiger partial charge < -0.3 is 26.5 Å². The second-order valence-corrected chi connectivity index (χ2v) is 9.07. The van der Waals surface area contributed by atoms with Crippen molar-refractivity contribution < 1.29 is 19.6 Å². The Labute approximate surface area is 209 Å². The Balaban J connectivity index is 1.50. The summed E-state index contributed by atoms with van der Waals surface area (Å²) in [6, 6.07) is 5.64. The molecule has 0 radical (unpaired) electrons. The van der Waals surface area contributed by atoms with Crippen LogP contribution in [0.15, 0.2) is 76.4 Å². The number of amides is 2. The van der Waals surface area contributed by atoms with Gasteiger partial charge in [-0.15, -0.1) is 11.3 Å². The Bertz CT molecular complexity index is 1310. The van der Waals surface area contributed by atoms with Crippen molar-refractivity contribution in [2.24, 2.45) is 5.73 Å². The Hall–Kier alpha value is -3.77. The molecule has 9 nitrogen and oxygen atoms in total. The largest absolute Gasteiger partial charge is 0.368 e. The molecule has 3 aromatic rings. The molecule has 4 rings (SSSR count). The average molecular weight is 508 g/mol. The van der Waals surface area contributed by atoms with Crippen LogP contribution in [0.1, 0.15) is 16.1 Å². The number of nitrogens with two attached hydrogens (primary N) is 2. The van der Waals surface area contributed by atoms with Crippen LogP contribution in [0.25, 0.3) is 16.1 Å². The van der Waals surface area contributed by atoms with E-state index in [0.29, 0.717) is 35.8 Å². The first-order chi connectivity index (χ1) is 17.0. The van der Waals surface area contributed by atoms with E-state index in [1.807, 2.05) is 34.3 Å². The predicted molar refractivity (Wildman–Crippen MR) is 136 cm³/mol. The fourth-order valence-electron chi connectivity index (χ4n) is 3.24. The smallest absolute Gasteiger partial charge is 0.275 e. The Morgan fingerprint density at radius 3 is 2.74 bits per heavy atom. The lowest BCUT2D eigenvalue weighted by Gasteiger charge is -2.18. The van der Waals surface area contributed by atoms with E-state index in [-0.39, 0.29) is 12.5 Å². The van der Waals surface area contributed by atoms with E-state index in [1.165, 1.54) is 11.3 Å². The summed E-state index contributed by atoms with van der Waals surface area (Å²) in [6.07, 6.45) is 8.69. The first-order valence-electron chi connectivity index (χ1n) is 10.6. The Morgan fingerprint density at radius 1 is 1.17 bits per heavy atom. The van der Waals surface area contributed by atoms with Gasteiger partial charge in [-0.25, -0.2) is 4.98 Å². The SMILES string of the molecule is N=C1C=C(c2ccsc2)C(NC(=O)c2csc(-c3ccncc3)n2)=C/C1=C/[NH2+]CCOCC(N)=O. The summed E-state index contributed by atoms with van der Waals surface area (Å²) in [5.41, 5.74) is 9.51. The van der Waals surface area contributed by atoms with Crippen molar-refractivity contribution in [2.45, 2.75) is 0 Å². The van der Waals surface area contributed by atoms with Gasteiger partial charge in [0.2, 0.25) is 5.91 Å². The molecule has 0 atom stereocenters.